The van der Waals surface area contributed by atoms with Crippen LogP contribution in [0.25, 0.3) is 0 Å². The van der Waals surface area contributed by atoms with Crippen LogP contribution in [0, 0.1) is 10.1 Å². The number of nitrogens with two attached hydrogens (primary N) is 1. The van der Waals surface area contributed by atoms with E-state index in [1.165, 1.54) is 12.1 Å². The van der Waals surface area contributed by atoms with Crippen LogP contribution in [0.2, 0.25) is 0 Å². The summed E-state index contributed by atoms with van der Waals surface area (Å²) in [6.07, 6.45) is 0. The lowest BCUT2D eigenvalue weighted by Crippen LogP contribution is -2.29. The van der Waals surface area contributed by atoms with Crippen molar-refractivity contribution in [3.05, 3.63) is 40.5 Å². The van der Waals surface area contributed by atoms with Gasteiger partial charge in [0.05, 0.1) is 4.92 Å². The number of nitro groups is 1. The summed E-state index contributed by atoms with van der Waals surface area (Å²) in [4.78, 5) is 10.2. The Morgan fingerprint density at radius 3 is 2.83 bits per heavy atom. The zero-order valence-corrected chi connectivity index (χ0v) is 10.7. The van der Waals surface area contributed by atoms with Crippen LogP contribution < -0.4 is 16.4 Å². The molecule has 0 aliphatic rings. The average molecular weight is 266 g/mol. The predicted molar refractivity (Wildman–Crippen MR) is 76.5 cm³/mol. The van der Waals surface area contributed by atoms with Crippen LogP contribution >= 0.6 is 12.2 Å². The largest absolute Gasteiger partial charge is 0.393 e. The molecule has 0 amide bonds. The Kier molecular flexibility index (Phi) is 4.61. The smallest absolute Gasteiger partial charge is 0.294 e. The van der Waals surface area contributed by atoms with Crippen molar-refractivity contribution in [2.75, 3.05) is 17.6 Å². The molecular weight excluding hydrogens is 252 g/mol. The number of benzene rings is 1. The first-order chi connectivity index (χ1) is 8.40. The Morgan fingerprint density at radius 2 is 2.28 bits per heavy atom. The van der Waals surface area contributed by atoms with Crippen molar-refractivity contribution >= 4 is 34.4 Å². The molecule has 0 saturated carbocycles. The highest BCUT2D eigenvalue weighted by Gasteiger charge is 2.12. The molecule has 0 spiro atoms. The van der Waals surface area contributed by atoms with E-state index in [1.807, 2.05) is 6.92 Å². The second-order valence-corrected chi connectivity index (χ2v) is 4.20. The molecule has 1 aromatic rings. The molecule has 0 saturated heterocycles. The molecule has 0 unspecified atom stereocenters. The standard InChI is InChI=1S/C11H14N4O2S/c1-7(2)6-13-11(18)14-8-3-4-9(12)10(5-8)15(16)17/h3-5H,1,6,12H2,2H3,(H2,13,14,18). The number of nitrogens with one attached hydrogen (secondary N) is 2. The maximum atomic E-state index is 10.7. The van der Waals surface area contributed by atoms with Crippen LogP contribution in [0.5, 0.6) is 0 Å². The third kappa shape index (κ3) is 4.02. The van der Waals surface area contributed by atoms with Gasteiger partial charge in [0.2, 0.25) is 0 Å². The van der Waals surface area contributed by atoms with E-state index in [2.05, 4.69) is 17.2 Å². The number of nitrogen functional groups attached to an aromatic ring is 1. The number of thiocarbonyl (C=S) groups is 1. The summed E-state index contributed by atoms with van der Waals surface area (Å²) in [6, 6.07) is 4.42. The summed E-state index contributed by atoms with van der Waals surface area (Å²) in [7, 11) is 0. The van der Waals surface area contributed by atoms with Gasteiger partial charge < -0.3 is 16.4 Å². The topological polar surface area (TPSA) is 93.2 Å². The summed E-state index contributed by atoms with van der Waals surface area (Å²) in [5.41, 5.74) is 6.90. The Morgan fingerprint density at radius 1 is 1.61 bits per heavy atom. The molecule has 1 rings (SSSR count). The highest BCUT2D eigenvalue weighted by atomic mass is 32.1. The van der Waals surface area contributed by atoms with Crippen LogP contribution in [0.3, 0.4) is 0 Å². The zero-order chi connectivity index (χ0) is 13.7. The fourth-order valence-corrected chi connectivity index (χ4v) is 1.38. The third-order valence-corrected chi connectivity index (χ3v) is 2.28. The SMILES string of the molecule is C=C(C)CNC(=S)Nc1ccc(N)c([N+](=O)[O-])c1. The van der Waals surface area contributed by atoms with Gasteiger partial charge in [-0.15, -0.1) is 0 Å². The maximum Gasteiger partial charge on any atom is 0.294 e. The second kappa shape index (κ2) is 5.97. The molecule has 0 fully saturated rings. The number of hydrogen-bond donors (Lipinski definition) is 3. The van der Waals surface area contributed by atoms with E-state index >= 15 is 0 Å². The van der Waals surface area contributed by atoms with Gasteiger partial charge in [0.15, 0.2) is 5.11 Å². The van der Waals surface area contributed by atoms with E-state index in [0.717, 1.165) is 5.57 Å². The van der Waals surface area contributed by atoms with Crippen molar-refractivity contribution in [1.82, 2.24) is 5.32 Å². The quantitative estimate of drug-likeness (QED) is 0.254. The van der Waals surface area contributed by atoms with Crippen molar-refractivity contribution in [2.45, 2.75) is 6.92 Å². The van der Waals surface area contributed by atoms with Crippen molar-refractivity contribution in [2.24, 2.45) is 0 Å². The van der Waals surface area contributed by atoms with Gasteiger partial charge in [-0.25, -0.2) is 0 Å². The molecule has 0 heterocycles. The molecule has 96 valence electrons. The van der Waals surface area contributed by atoms with E-state index < -0.39 is 4.92 Å². The Bertz CT molecular complexity index is 502. The lowest BCUT2D eigenvalue weighted by molar-refractivity contribution is -0.383. The first-order valence-corrected chi connectivity index (χ1v) is 5.54. The van der Waals surface area contributed by atoms with Gasteiger partial charge in [0.25, 0.3) is 5.69 Å². The molecule has 0 aliphatic carbocycles. The van der Waals surface area contributed by atoms with Gasteiger partial charge in [-0.2, -0.15) is 0 Å². The van der Waals surface area contributed by atoms with E-state index in [1.54, 1.807) is 6.07 Å². The van der Waals surface area contributed by atoms with E-state index in [4.69, 9.17) is 18.0 Å². The highest BCUT2D eigenvalue weighted by molar-refractivity contribution is 7.80. The number of rotatable bonds is 4. The molecule has 1 aromatic carbocycles. The van der Waals surface area contributed by atoms with Gasteiger partial charge in [-0.1, -0.05) is 12.2 Å². The van der Waals surface area contributed by atoms with Crippen LogP contribution in [0.1, 0.15) is 6.92 Å². The number of nitro benzene ring substituents is 1. The molecule has 0 aliphatic heterocycles. The van der Waals surface area contributed by atoms with E-state index in [-0.39, 0.29) is 11.4 Å². The Hall–Kier alpha value is -2.15. The molecular formula is C11H14N4O2S. The van der Waals surface area contributed by atoms with Gasteiger partial charge in [0.1, 0.15) is 5.69 Å². The highest BCUT2D eigenvalue weighted by Crippen LogP contribution is 2.24. The molecule has 0 bridgehead atoms. The zero-order valence-electron chi connectivity index (χ0n) is 9.90. The van der Waals surface area contributed by atoms with E-state index in [0.29, 0.717) is 17.3 Å². The maximum absolute atomic E-state index is 10.7. The normalized spacial score (nSPS) is 9.61. The van der Waals surface area contributed by atoms with Crippen LogP contribution in [0.4, 0.5) is 17.1 Å². The molecule has 0 atom stereocenters. The minimum Gasteiger partial charge on any atom is -0.393 e. The molecule has 7 heteroatoms. The van der Waals surface area contributed by atoms with Gasteiger partial charge >= 0.3 is 0 Å². The van der Waals surface area contributed by atoms with Gasteiger partial charge in [0, 0.05) is 18.3 Å². The molecule has 4 N–H and O–H groups in total. The number of nitrogens with zero attached hydrogens (tertiary/aromatic N) is 1. The Labute approximate surface area is 110 Å². The van der Waals surface area contributed by atoms with E-state index in [9.17, 15) is 10.1 Å². The van der Waals surface area contributed by atoms with Gasteiger partial charge in [-0.05, 0) is 31.3 Å². The van der Waals surface area contributed by atoms with Crippen molar-refractivity contribution in [3.63, 3.8) is 0 Å². The Balaban J connectivity index is 2.73. The second-order valence-electron chi connectivity index (χ2n) is 3.80. The minimum atomic E-state index is -0.537. The monoisotopic (exact) mass is 266 g/mol. The lowest BCUT2D eigenvalue weighted by Gasteiger charge is -2.10. The first kappa shape index (κ1) is 13.9. The van der Waals surface area contributed by atoms with Crippen LogP contribution in [-0.4, -0.2) is 16.6 Å². The first-order valence-electron chi connectivity index (χ1n) is 5.13. The molecule has 0 aromatic heterocycles. The van der Waals surface area contributed by atoms with Crippen LogP contribution in [0.15, 0.2) is 30.4 Å². The van der Waals surface area contributed by atoms with Crippen molar-refractivity contribution < 1.29 is 4.92 Å². The third-order valence-electron chi connectivity index (χ3n) is 2.04. The number of hydrogen-bond acceptors (Lipinski definition) is 4. The lowest BCUT2D eigenvalue weighted by atomic mass is 10.2. The van der Waals surface area contributed by atoms with Crippen molar-refractivity contribution in [3.8, 4) is 0 Å². The summed E-state index contributed by atoms with van der Waals surface area (Å²) in [6.45, 7) is 6.14. The minimum absolute atomic E-state index is 0.117. The van der Waals surface area contributed by atoms with Gasteiger partial charge in [-0.3, -0.25) is 10.1 Å². The predicted octanol–water partition coefficient (Wildman–Crippen LogP) is 2.04. The van der Waals surface area contributed by atoms with Crippen LogP contribution in [-0.2, 0) is 0 Å². The molecule has 18 heavy (non-hydrogen) atoms. The summed E-state index contributed by atoms with van der Waals surface area (Å²) >= 11 is 5.03. The molecule has 6 nitrogen and oxygen atoms in total. The fourth-order valence-electron chi connectivity index (χ4n) is 1.19. The molecule has 0 radical (unpaired) electrons. The summed E-state index contributed by atoms with van der Waals surface area (Å²) < 4.78 is 0. The summed E-state index contributed by atoms with van der Waals surface area (Å²) in [5, 5.41) is 16.8. The van der Waals surface area contributed by atoms with Crippen molar-refractivity contribution in [1.29, 1.82) is 0 Å². The average Bonchev–Trinajstić information content (AvgIpc) is 2.28. The number of anilines is 2. The fraction of sp³-hybridized carbons (Fsp3) is 0.182. The summed E-state index contributed by atoms with van der Waals surface area (Å²) in [5.74, 6) is 0.